The lowest BCUT2D eigenvalue weighted by molar-refractivity contribution is 0.0303. The van der Waals surface area contributed by atoms with Crippen molar-refractivity contribution in [3.63, 3.8) is 0 Å². The number of benzene rings is 2. The number of amides is 1. The number of rotatable bonds is 4. The second-order valence-electron chi connectivity index (χ2n) is 5.52. The zero-order valence-corrected chi connectivity index (χ0v) is 14.9. The summed E-state index contributed by atoms with van der Waals surface area (Å²) in [7, 11) is -3.74. The Morgan fingerprint density at radius 2 is 1.76 bits per heavy atom. The summed E-state index contributed by atoms with van der Waals surface area (Å²) in [6.45, 7) is 2.07. The van der Waals surface area contributed by atoms with Crippen LogP contribution in [-0.2, 0) is 14.8 Å². The first-order valence-corrected chi connectivity index (χ1v) is 9.58. The maximum atomic E-state index is 12.4. The molecule has 0 saturated carbocycles. The molecule has 132 valence electrons. The van der Waals surface area contributed by atoms with Crippen LogP contribution in [0, 0.1) is 0 Å². The van der Waals surface area contributed by atoms with Crippen LogP contribution in [0.3, 0.4) is 0 Å². The topological polar surface area (TPSA) is 75.7 Å². The van der Waals surface area contributed by atoms with Crippen molar-refractivity contribution in [3.8, 4) is 0 Å². The SMILES string of the molecule is O=C(c1ccc(NS(=O)(=O)c2ccccc2)c(Cl)c1)N1CCOCC1. The van der Waals surface area contributed by atoms with Gasteiger partial charge in [0.05, 0.1) is 28.8 Å². The number of halogens is 1. The number of hydrogen-bond donors (Lipinski definition) is 1. The molecular weight excluding hydrogens is 364 g/mol. The highest BCUT2D eigenvalue weighted by atomic mass is 35.5. The van der Waals surface area contributed by atoms with Gasteiger partial charge in [-0.25, -0.2) is 8.42 Å². The Morgan fingerprint density at radius 1 is 1.08 bits per heavy atom. The Labute approximate surface area is 151 Å². The summed E-state index contributed by atoms with van der Waals surface area (Å²) in [5.74, 6) is -0.150. The molecule has 0 spiro atoms. The summed E-state index contributed by atoms with van der Waals surface area (Å²) in [5.41, 5.74) is 0.638. The van der Waals surface area contributed by atoms with Crippen LogP contribution in [-0.4, -0.2) is 45.5 Å². The van der Waals surface area contributed by atoms with E-state index in [1.807, 2.05) is 0 Å². The quantitative estimate of drug-likeness (QED) is 0.884. The number of ether oxygens (including phenoxy) is 1. The molecule has 3 rings (SSSR count). The molecule has 25 heavy (non-hydrogen) atoms. The fraction of sp³-hybridized carbons (Fsp3) is 0.235. The Kier molecular flexibility index (Phi) is 5.27. The number of carbonyl (C=O) groups excluding carboxylic acids is 1. The van der Waals surface area contributed by atoms with E-state index in [0.717, 1.165) is 0 Å². The third kappa shape index (κ3) is 4.12. The summed E-state index contributed by atoms with van der Waals surface area (Å²) in [5, 5.41) is 0.165. The second-order valence-corrected chi connectivity index (χ2v) is 7.61. The monoisotopic (exact) mass is 380 g/mol. The van der Waals surface area contributed by atoms with Gasteiger partial charge in [0.25, 0.3) is 15.9 Å². The van der Waals surface area contributed by atoms with E-state index in [1.165, 1.54) is 24.3 Å². The van der Waals surface area contributed by atoms with E-state index >= 15 is 0 Å². The molecular formula is C17H17ClN2O4S. The molecule has 1 aliphatic heterocycles. The fourth-order valence-electron chi connectivity index (χ4n) is 2.48. The molecule has 1 saturated heterocycles. The van der Waals surface area contributed by atoms with Gasteiger partial charge in [0, 0.05) is 18.7 Å². The maximum Gasteiger partial charge on any atom is 0.261 e. The van der Waals surface area contributed by atoms with E-state index in [-0.39, 0.29) is 21.5 Å². The molecule has 6 nitrogen and oxygen atoms in total. The molecule has 8 heteroatoms. The van der Waals surface area contributed by atoms with E-state index in [0.29, 0.717) is 31.9 Å². The average Bonchev–Trinajstić information content (AvgIpc) is 2.64. The molecule has 0 bridgehead atoms. The maximum absolute atomic E-state index is 12.4. The molecule has 0 unspecified atom stereocenters. The Hall–Kier alpha value is -2.09. The molecule has 1 aliphatic rings. The first-order chi connectivity index (χ1) is 12.0. The number of hydrogen-bond acceptors (Lipinski definition) is 4. The lowest BCUT2D eigenvalue weighted by Crippen LogP contribution is -2.40. The van der Waals surface area contributed by atoms with Gasteiger partial charge < -0.3 is 9.64 Å². The van der Waals surface area contributed by atoms with Gasteiger partial charge in [0.1, 0.15) is 0 Å². The van der Waals surface area contributed by atoms with Gasteiger partial charge in [0.15, 0.2) is 0 Å². The van der Waals surface area contributed by atoms with Gasteiger partial charge in [-0.1, -0.05) is 29.8 Å². The lowest BCUT2D eigenvalue weighted by Gasteiger charge is -2.27. The number of nitrogens with one attached hydrogen (secondary N) is 1. The van der Waals surface area contributed by atoms with Gasteiger partial charge in [-0.2, -0.15) is 0 Å². The molecule has 0 aromatic heterocycles. The van der Waals surface area contributed by atoms with Gasteiger partial charge in [-0.05, 0) is 30.3 Å². The van der Waals surface area contributed by atoms with Crippen molar-refractivity contribution < 1.29 is 17.9 Å². The fourth-order valence-corrected chi connectivity index (χ4v) is 3.87. The summed E-state index contributed by atoms with van der Waals surface area (Å²) in [4.78, 5) is 14.3. The van der Waals surface area contributed by atoms with Crippen LogP contribution in [0.1, 0.15) is 10.4 Å². The van der Waals surface area contributed by atoms with Crippen LogP contribution >= 0.6 is 11.6 Å². The molecule has 1 amide bonds. The first kappa shape index (κ1) is 17.7. The summed E-state index contributed by atoms with van der Waals surface area (Å²) in [6, 6.07) is 12.5. The zero-order valence-electron chi connectivity index (χ0n) is 13.3. The molecule has 0 aliphatic carbocycles. The van der Waals surface area contributed by atoms with Crippen LogP contribution in [0.4, 0.5) is 5.69 Å². The normalized spacial score (nSPS) is 15.0. The summed E-state index contributed by atoms with van der Waals surface area (Å²) < 4.78 is 32.4. The van der Waals surface area contributed by atoms with Crippen molar-refractivity contribution in [2.45, 2.75) is 4.90 Å². The third-order valence-corrected chi connectivity index (χ3v) is 5.51. The zero-order chi connectivity index (χ0) is 17.9. The van der Waals surface area contributed by atoms with E-state index in [4.69, 9.17) is 16.3 Å². The number of carbonyl (C=O) groups is 1. The third-order valence-electron chi connectivity index (χ3n) is 3.81. The van der Waals surface area contributed by atoms with E-state index in [9.17, 15) is 13.2 Å². The number of nitrogens with zero attached hydrogens (tertiary/aromatic N) is 1. The van der Waals surface area contributed by atoms with Crippen LogP contribution in [0.2, 0.25) is 5.02 Å². The van der Waals surface area contributed by atoms with E-state index in [2.05, 4.69) is 4.72 Å². The smallest absolute Gasteiger partial charge is 0.261 e. The van der Waals surface area contributed by atoms with Crippen molar-refractivity contribution in [1.82, 2.24) is 4.90 Å². The molecule has 0 radical (unpaired) electrons. The Morgan fingerprint density at radius 3 is 2.40 bits per heavy atom. The van der Waals surface area contributed by atoms with Crippen molar-refractivity contribution in [3.05, 3.63) is 59.1 Å². The van der Waals surface area contributed by atoms with Crippen LogP contribution in [0.25, 0.3) is 0 Å². The molecule has 1 fully saturated rings. The molecule has 2 aromatic rings. The number of sulfonamides is 1. The van der Waals surface area contributed by atoms with Crippen LogP contribution in [0.15, 0.2) is 53.4 Å². The largest absolute Gasteiger partial charge is 0.378 e. The minimum atomic E-state index is -3.74. The first-order valence-electron chi connectivity index (χ1n) is 7.72. The number of anilines is 1. The van der Waals surface area contributed by atoms with Gasteiger partial charge >= 0.3 is 0 Å². The minimum absolute atomic E-state index is 0.138. The Balaban J connectivity index is 1.79. The molecule has 2 aromatic carbocycles. The molecule has 0 atom stereocenters. The average molecular weight is 381 g/mol. The molecule has 1 N–H and O–H groups in total. The summed E-state index contributed by atoms with van der Waals surface area (Å²) in [6.07, 6.45) is 0. The van der Waals surface area contributed by atoms with Gasteiger partial charge in [0.2, 0.25) is 0 Å². The van der Waals surface area contributed by atoms with Gasteiger partial charge in [-0.15, -0.1) is 0 Å². The van der Waals surface area contributed by atoms with E-state index in [1.54, 1.807) is 29.2 Å². The van der Waals surface area contributed by atoms with Crippen molar-refractivity contribution >= 4 is 33.2 Å². The van der Waals surface area contributed by atoms with Crippen LogP contribution in [0.5, 0.6) is 0 Å². The summed E-state index contributed by atoms with van der Waals surface area (Å²) >= 11 is 6.18. The number of morpholine rings is 1. The van der Waals surface area contributed by atoms with Crippen molar-refractivity contribution in [2.24, 2.45) is 0 Å². The van der Waals surface area contributed by atoms with Crippen LogP contribution < -0.4 is 4.72 Å². The second kappa shape index (κ2) is 7.43. The predicted molar refractivity (Wildman–Crippen MR) is 95.4 cm³/mol. The van der Waals surface area contributed by atoms with E-state index < -0.39 is 10.0 Å². The minimum Gasteiger partial charge on any atom is -0.378 e. The lowest BCUT2D eigenvalue weighted by atomic mass is 10.1. The highest BCUT2D eigenvalue weighted by Gasteiger charge is 2.20. The molecule has 1 heterocycles. The highest BCUT2D eigenvalue weighted by molar-refractivity contribution is 7.92. The van der Waals surface area contributed by atoms with Crippen molar-refractivity contribution in [1.29, 1.82) is 0 Å². The Bertz CT molecular complexity index is 865. The predicted octanol–water partition coefficient (Wildman–Crippen LogP) is 2.61. The van der Waals surface area contributed by atoms with Gasteiger partial charge in [-0.3, -0.25) is 9.52 Å². The van der Waals surface area contributed by atoms with Crippen molar-refractivity contribution in [2.75, 3.05) is 31.0 Å². The highest BCUT2D eigenvalue weighted by Crippen LogP contribution is 2.26. The standard InChI is InChI=1S/C17H17ClN2O4S/c18-15-12-13(17(21)20-8-10-24-11-9-20)6-7-16(15)19-25(22,23)14-4-2-1-3-5-14/h1-7,12,19H,8-11H2.